The highest BCUT2D eigenvalue weighted by Crippen LogP contribution is 2.30. The molecule has 2 aromatic rings. The van der Waals surface area contributed by atoms with Crippen LogP contribution in [0.1, 0.15) is 90.2 Å². The molecule has 170 valence electrons. The molecule has 0 bridgehead atoms. The van der Waals surface area contributed by atoms with E-state index < -0.39 is 11.3 Å². The standard InChI is InChI=1S/C25H30ClN3O3/c1-17(19-11-5-6-12-22(19)26)27-24(31)20-15-29(18-9-3-4-10-18)16-21(23(20)30)25(32)28-13-7-2-8-14-28/h5-6,11-12,15-18H,2-4,7-10,13-14H2,1H3,(H,27,31)/t17-/m0/s1. The third kappa shape index (κ3) is 4.75. The minimum Gasteiger partial charge on any atom is -0.349 e. The van der Waals surface area contributed by atoms with E-state index in [2.05, 4.69) is 5.32 Å². The van der Waals surface area contributed by atoms with E-state index in [9.17, 15) is 14.4 Å². The minimum atomic E-state index is -0.501. The van der Waals surface area contributed by atoms with Crippen LogP contribution >= 0.6 is 11.6 Å². The Hall–Kier alpha value is -2.60. The maximum atomic E-state index is 13.3. The number of carbonyl (C=O) groups excluding carboxylic acids is 2. The van der Waals surface area contributed by atoms with Gasteiger partial charge >= 0.3 is 0 Å². The lowest BCUT2D eigenvalue weighted by Gasteiger charge is -2.27. The van der Waals surface area contributed by atoms with Crippen molar-refractivity contribution in [3.63, 3.8) is 0 Å². The van der Waals surface area contributed by atoms with Crippen molar-refractivity contribution in [3.8, 4) is 0 Å². The highest BCUT2D eigenvalue weighted by Gasteiger charge is 2.27. The van der Waals surface area contributed by atoms with Crippen molar-refractivity contribution in [2.24, 2.45) is 0 Å². The van der Waals surface area contributed by atoms with Crippen molar-refractivity contribution in [1.29, 1.82) is 0 Å². The molecule has 2 fully saturated rings. The molecule has 0 radical (unpaired) electrons. The van der Waals surface area contributed by atoms with Gasteiger partial charge in [-0.15, -0.1) is 0 Å². The van der Waals surface area contributed by atoms with Crippen LogP contribution in [0.4, 0.5) is 0 Å². The van der Waals surface area contributed by atoms with E-state index in [-0.39, 0.29) is 29.1 Å². The van der Waals surface area contributed by atoms with Gasteiger partial charge in [0.25, 0.3) is 11.8 Å². The van der Waals surface area contributed by atoms with Crippen LogP contribution in [0.2, 0.25) is 5.02 Å². The average Bonchev–Trinajstić information content (AvgIpc) is 3.34. The SMILES string of the molecule is C[C@H](NC(=O)c1cn(C2CCCC2)cc(C(=O)N2CCCCC2)c1=O)c1ccccc1Cl. The number of benzene rings is 1. The Morgan fingerprint density at radius 3 is 2.34 bits per heavy atom. The number of piperidine rings is 1. The summed E-state index contributed by atoms with van der Waals surface area (Å²) in [7, 11) is 0. The van der Waals surface area contributed by atoms with Gasteiger partial charge in [-0.05, 0) is 50.7 Å². The van der Waals surface area contributed by atoms with E-state index >= 15 is 0 Å². The summed E-state index contributed by atoms with van der Waals surface area (Å²) in [6, 6.07) is 7.13. The second-order valence-corrected chi connectivity index (χ2v) is 9.28. The van der Waals surface area contributed by atoms with E-state index in [0.717, 1.165) is 50.5 Å². The number of nitrogens with one attached hydrogen (secondary N) is 1. The number of rotatable bonds is 5. The Bertz CT molecular complexity index is 1050. The molecule has 2 heterocycles. The first-order valence-corrected chi connectivity index (χ1v) is 11.9. The summed E-state index contributed by atoms with van der Waals surface area (Å²) in [6.45, 7) is 3.14. The summed E-state index contributed by atoms with van der Waals surface area (Å²) in [5, 5.41) is 3.45. The second-order valence-electron chi connectivity index (χ2n) is 8.87. The van der Waals surface area contributed by atoms with Crippen LogP contribution in [0.15, 0.2) is 41.5 Å². The molecule has 1 saturated carbocycles. The van der Waals surface area contributed by atoms with E-state index in [1.165, 1.54) is 0 Å². The van der Waals surface area contributed by atoms with E-state index in [4.69, 9.17) is 11.6 Å². The molecule has 7 heteroatoms. The fraction of sp³-hybridized carbons (Fsp3) is 0.480. The normalized spacial score (nSPS) is 17.9. The third-order valence-electron chi connectivity index (χ3n) is 6.63. The number of likely N-dealkylation sites (tertiary alicyclic amines) is 1. The molecule has 1 aromatic carbocycles. The lowest BCUT2D eigenvalue weighted by Crippen LogP contribution is -2.40. The van der Waals surface area contributed by atoms with Gasteiger partial charge in [-0.1, -0.05) is 42.6 Å². The van der Waals surface area contributed by atoms with Crippen LogP contribution < -0.4 is 10.7 Å². The van der Waals surface area contributed by atoms with Gasteiger partial charge in [0.15, 0.2) is 0 Å². The zero-order valence-corrected chi connectivity index (χ0v) is 19.2. The van der Waals surface area contributed by atoms with Crippen LogP contribution in [-0.4, -0.2) is 34.4 Å². The third-order valence-corrected chi connectivity index (χ3v) is 6.97. The van der Waals surface area contributed by atoms with Crippen molar-refractivity contribution >= 4 is 23.4 Å². The summed E-state index contributed by atoms with van der Waals surface area (Å²) < 4.78 is 1.92. The molecule has 1 atom stereocenters. The molecule has 4 rings (SSSR count). The van der Waals surface area contributed by atoms with Crippen LogP contribution in [0, 0.1) is 0 Å². The summed E-state index contributed by atoms with van der Waals surface area (Å²) in [4.78, 5) is 41.4. The number of nitrogens with zero attached hydrogens (tertiary/aromatic N) is 2. The molecular formula is C25H30ClN3O3. The number of hydrogen-bond donors (Lipinski definition) is 1. The zero-order valence-electron chi connectivity index (χ0n) is 18.5. The van der Waals surface area contributed by atoms with Gasteiger partial charge in [0, 0.05) is 36.5 Å². The van der Waals surface area contributed by atoms with Crippen molar-refractivity contribution in [2.75, 3.05) is 13.1 Å². The van der Waals surface area contributed by atoms with Gasteiger partial charge in [-0.25, -0.2) is 0 Å². The number of halogens is 1. The fourth-order valence-corrected chi connectivity index (χ4v) is 5.07. The second kappa shape index (κ2) is 9.90. The molecule has 1 N–H and O–H groups in total. The first-order valence-electron chi connectivity index (χ1n) is 11.6. The molecule has 32 heavy (non-hydrogen) atoms. The van der Waals surface area contributed by atoms with Gasteiger partial charge in [-0.3, -0.25) is 14.4 Å². The molecule has 0 spiro atoms. The number of carbonyl (C=O) groups is 2. The number of hydrogen-bond acceptors (Lipinski definition) is 3. The van der Waals surface area contributed by atoms with Gasteiger partial charge in [0.05, 0.1) is 6.04 Å². The van der Waals surface area contributed by atoms with Crippen molar-refractivity contribution in [3.05, 3.63) is 68.6 Å². The fourth-order valence-electron chi connectivity index (χ4n) is 4.77. The molecule has 1 aliphatic heterocycles. The highest BCUT2D eigenvalue weighted by molar-refractivity contribution is 6.31. The monoisotopic (exact) mass is 455 g/mol. The topological polar surface area (TPSA) is 71.4 Å². The molecule has 1 aromatic heterocycles. The van der Waals surface area contributed by atoms with Crippen molar-refractivity contribution in [2.45, 2.75) is 64.0 Å². The number of pyridine rings is 1. The Morgan fingerprint density at radius 1 is 1.00 bits per heavy atom. The largest absolute Gasteiger partial charge is 0.349 e. The Labute approximate surface area is 193 Å². The minimum absolute atomic E-state index is 0.0127. The summed E-state index contributed by atoms with van der Waals surface area (Å²) in [6.07, 6.45) is 10.5. The van der Waals surface area contributed by atoms with Gasteiger partial charge in [0.2, 0.25) is 5.43 Å². The van der Waals surface area contributed by atoms with E-state index in [1.807, 2.05) is 29.7 Å². The maximum Gasteiger partial charge on any atom is 0.259 e. The first kappa shape index (κ1) is 22.6. The smallest absolute Gasteiger partial charge is 0.259 e. The van der Waals surface area contributed by atoms with E-state index in [1.54, 1.807) is 23.4 Å². The lowest BCUT2D eigenvalue weighted by atomic mass is 10.1. The molecule has 0 unspecified atom stereocenters. The van der Waals surface area contributed by atoms with Crippen LogP contribution in [0.3, 0.4) is 0 Å². The van der Waals surface area contributed by atoms with Gasteiger partial charge < -0.3 is 14.8 Å². The Kier molecular flexibility index (Phi) is 6.99. The molecular weight excluding hydrogens is 426 g/mol. The molecule has 2 amide bonds. The molecule has 1 aliphatic carbocycles. The molecule has 1 saturated heterocycles. The maximum absolute atomic E-state index is 13.3. The van der Waals surface area contributed by atoms with Crippen molar-refractivity contribution < 1.29 is 9.59 Å². The van der Waals surface area contributed by atoms with Gasteiger partial charge in [-0.2, -0.15) is 0 Å². The lowest BCUT2D eigenvalue weighted by molar-refractivity contribution is 0.0722. The Morgan fingerprint density at radius 2 is 1.66 bits per heavy atom. The molecule has 2 aliphatic rings. The zero-order chi connectivity index (χ0) is 22.7. The summed E-state index contributed by atoms with van der Waals surface area (Å²) in [5.41, 5.74) is 0.383. The Balaban J connectivity index is 1.67. The average molecular weight is 456 g/mol. The summed E-state index contributed by atoms with van der Waals surface area (Å²) in [5.74, 6) is -0.752. The quantitative estimate of drug-likeness (QED) is 0.708. The highest BCUT2D eigenvalue weighted by atomic mass is 35.5. The summed E-state index contributed by atoms with van der Waals surface area (Å²) >= 11 is 6.28. The van der Waals surface area contributed by atoms with Crippen LogP contribution in [0.5, 0.6) is 0 Å². The molecule has 6 nitrogen and oxygen atoms in total. The van der Waals surface area contributed by atoms with Crippen LogP contribution in [0.25, 0.3) is 0 Å². The van der Waals surface area contributed by atoms with E-state index in [0.29, 0.717) is 18.1 Å². The number of amides is 2. The predicted octanol–water partition coefficient (Wildman–Crippen LogP) is 4.73. The first-order chi connectivity index (χ1) is 15.5. The van der Waals surface area contributed by atoms with Gasteiger partial charge in [0.1, 0.15) is 11.1 Å². The van der Waals surface area contributed by atoms with Crippen molar-refractivity contribution in [1.82, 2.24) is 14.8 Å². The van der Waals surface area contributed by atoms with Crippen LogP contribution in [-0.2, 0) is 0 Å². The number of aromatic nitrogens is 1. The predicted molar refractivity (Wildman–Crippen MR) is 125 cm³/mol.